The van der Waals surface area contributed by atoms with Crippen molar-refractivity contribution in [3.63, 3.8) is 0 Å². The van der Waals surface area contributed by atoms with Gasteiger partial charge in [-0.3, -0.25) is 0 Å². The predicted molar refractivity (Wildman–Crippen MR) is 33.0 cm³/mol. The molecule has 0 aliphatic carbocycles. The van der Waals surface area contributed by atoms with Gasteiger partial charge in [-0.2, -0.15) is 0 Å². The molecule has 3 nitrogen and oxygen atoms in total. The average molecular weight is 124 g/mol. The second kappa shape index (κ2) is 2.44. The molecule has 0 aromatic carbocycles. The van der Waals surface area contributed by atoms with Gasteiger partial charge in [0.1, 0.15) is 12.1 Å². The molecule has 48 valence electrons. The topological polar surface area (TPSA) is 34.9 Å². The molecule has 0 spiro atoms. The molecular formula is C6H8N2O. The minimum Gasteiger partial charge on any atom is -0.328 e. The van der Waals surface area contributed by atoms with E-state index in [1.807, 2.05) is 6.92 Å². The molecule has 1 rings (SSSR count). The largest absolute Gasteiger partial charge is 0.328 e. The minimum atomic E-state index is 0.409. The lowest BCUT2D eigenvalue weighted by Crippen LogP contribution is -1.98. The van der Waals surface area contributed by atoms with Gasteiger partial charge >= 0.3 is 0 Å². The second-order valence-electron chi connectivity index (χ2n) is 1.79. The normalized spacial score (nSPS) is 9.44. The highest BCUT2D eigenvalue weighted by atomic mass is 16.1. The van der Waals surface area contributed by atoms with Crippen LogP contribution >= 0.6 is 0 Å². The lowest BCUT2D eigenvalue weighted by molar-refractivity contribution is -0.108. The molecule has 0 saturated heterocycles. The first-order chi connectivity index (χ1) is 4.34. The van der Waals surface area contributed by atoms with Crippen LogP contribution in [0.1, 0.15) is 5.82 Å². The maximum Gasteiger partial charge on any atom is 0.139 e. The van der Waals surface area contributed by atoms with Crippen molar-refractivity contribution in [3.8, 4) is 0 Å². The van der Waals surface area contributed by atoms with Gasteiger partial charge in [-0.25, -0.2) is 4.98 Å². The zero-order valence-corrected chi connectivity index (χ0v) is 5.24. The first-order valence-corrected chi connectivity index (χ1v) is 2.76. The highest BCUT2D eigenvalue weighted by molar-refractivity contribution is 5.49. The van der Waals surface area contributed by atoms with Crippen molar-refractivity contribution >= 4 is 6.29 Å². The van der Waals surface area contributed by atoms with Gasteiger partial charge in [0.25, 0.3) is 0 Å². The average Bonchev–Trinajstić information content (AvgIpc) is 2.18. The third-order valence-electron chi connectivity index (χ3n) is 1.19. The van der Waals surface area contributed by atoms with Crippen molar-refractivity contribution in [3.05, 3.63) is 18.2 Å². The molecule has 0 radical (unpaired) electrons. The van der Waals surface area contributed by atoms with Crippen LogP contribution in [0.5, 0.6) is 0 Å². The van der Waals surface area contributed by atoms with E-state index in [-0.39, 0.29) is 0 Å². The molecule has 9 heavy (non-hydrogen) atoms. The van der Waals surface area contributed by atoms with Crippen molar-refractivity contribution < 1.29 is 4.79 Å². The number of aromatic nitrogens is 2. The first-order valence-electron chi connectivity index (χ1n) is 2.76. The van der Waals surface area contributed by atoms with Gasteiger partial charge in [0.2, 0.25) is 0 Å². The summed E-state index contributed by atoms with van der Waals surface area (Å²) in [5.41, 5.74) is 0. The van der Waals surface area contributed by atoms with E-state index in [9.17, 15) is 4.79 Å². The summed E-state index contributed by atoms with van der Waals surface area (Å²) in [5, 5.41) is 0. The van der Waals surface area contributed by atoms with Gasteiger partial charge in [-0.05, 0) is 6.92 Å². The van der Waals surface area contributed by atoms with E-state index in [2.05, 4.69) is 4.98 Å². The van der Waals surface area contributed by atoms with Crippen LogP contribution < -0.4 is 0 Å². The van der Waals surface area contributed by atoms with E-state index in [0.29, 0.717) is 6.54 Å². The van der Waals surface area contributed by atoms with E-state index < -0.39 is 0 Å². The Bertz CT molecular complexity index is 205. The van der Waals surface area contributed by atoms with Crippen molar-refractivity contribution in [2.75, 3.05) is 0 Å². The second-order valence-corrected chi connectivity index (χ2v) is 1.79. The quantitative estimate of drug-likeness (QED) is 0.534. The first kappa shape index (κ1) is 6.01. The van der Waals surface area contributed by atoms with Gasteiger partial charge in [-0.1, -0.05) is 0 Å². The molecule has 1 aromatic rings. The van der Waals surface area contributed by atoms with E-state index in [1.54, 1.807) is 17.0 Å². The number of aryl methyl sites for hydroxylation is 1. The summed E-state index contributed by atoms with van der Waals surface area (Å²) in [5.74, 6) is 0.877. The maximum atomic E-state index is 9.98. The Labute approximate surface area is 53.3 Å². The lowest BCUT2D eigenvalue weighted by Gasteiger charge is -1.94. The van der Waals surface area contributed by atoms with Gasteiger partial charge in [-0.15, -0.1) is 0 Å². The highest BCUT2D eigenvalue weighted by Gasteiger charge is 1.91. The Kier molecular flexibility index (Phi) is 1.63. The molecule has 1 heterocycles. The van der Waals surface area contributed by atoms with Crippen LogP contribution in [-0.4, -0.2) is 15.8 Å². The number of rotatable bonds is 2. The third-order valence-corrected chi connectivity index (χ3v) is 1.19. The molecule has 0 aliphatic heterocycles. The van der Waals surface area contributed by atoms with Crippen molar-refractivity contribution in [2.24, 2.45) is 0 Å². The highest BCUT2D eigenvalue weighted by Crippen LogP contribution is 1.91. The molecule has 0 amide bonds. The SMILES string of the molecule is Cc1nccn1CC=O. The zero-order chi connectivity index (χ0) is 6.69. The minimum absolute atomic E-state index is 0.409. The number of imidazole rings is 1. The van der Waals surface area contributed by atoms with Crippen LogP contribution in [0.25, 0.3) is 0 Å². The Balaban J connectivity index is 2.80. The fraction of sp³-hybridized carbons (Fsp3) is 0.333. The van der Waals surface area contributed by atoms with E-state index in [1.165, 1.54) is 0 Å². The molecule has 0 saturated carbocycles. The van der Waals surface area contributed by atoms with Gasteiger partial charge < -0.3 is 9.36 Å². The number of hydrogen-bond acceptors (Lipinski definition) is 2. The summed E-state index contributed by atoms with van der Waals surface area (Å²) in [6, 6.07) is 0. The third kappa shape index (κ3) is 1.16. The molecule has 3 heteroatoms. The van der Waals surface area contributed by atoms with Gasteiger partial charge in [0.05, 0.1) is 6.54 Å². The molecule has 0 fully saturated rings. The van der Waals surface area contributed by atoms with Crippen molar-refractivity contribution in [1.82, 2.24) is 9.55 Å². The number of carbonyl (C=O) groups is 1. The summed E-state index contributed by atoms with van der Waals surface area (Å²) in [6.45, 7) is 2.27. The Morgan fingerprint density at radius 2 is 2.67 bits per heavy atom. The van der Waals surface area contributed by atoms with E-state index in [4.69, 9.17) is 0 Å². The Morgan fingerprint density at radius 1 is 1.89 bits per heavy atom. The summed E-state index contributed by atoms with van der Waals surface area (Å²) in [4.78, 5) is 13.9. The summed E-state index contributed by atoms with van der Waals surface area (Å²) in [6.07, 6.45) is 4.32. The van der Waals surface area contributed by atoms with Crippen LogP contribution in [0.2, 0.25) is 0 Å². The van der Waals surface area contributed by atoms with E-state index in [0.717, 1.165) is 12.1 Å². The van der Waals surface area contributed by atoms with Crippen LogP contribution in [0.15, 0.2) is 12.4 Å². The van der Waals surface area contributed by atoms with Crippen molar-refractivity contribution in [2.45, 2.75) is 13.5 Å². The van der Waals surface area contributed by atoms with E-state index >= 15 is 0 Å². The fourth-order valence-corrected chi connectivity index (χ4v) is 0.677. The molecule has 0 bridgehead atoms. The van der Waals surface area contributed by atoms with Crippen LogP contribution in [0.4, 0.5) is 0 Å². The maximum absolute atomic E-state index is 9.98. The molecule has 0 unspecified atom stereocenters. The molecule has 0 atom stereocenters. The zero-order valence-electron chi connectivity index (χ0n) is 5.24. The fourth-order valence-electron chi connectivity index (χ4n) is 0.677. The molecule has 0 aliphatic rings. The number of hydrogen-bond donors (Lipinski definition) is 0. The van der Waals surface area contributed by atoms with Crippen LogP contribution in [-0.2, 0) is 11.3 Å². The van der Waals surface area contributed by atoms with Crippen molar-refractivity contribution in [1.29, 1.82) is 0 Å². The summed E-state index contributed by atoms with van der Waals surface area (Å²) < 4.78 is 1.78. The predicted octanol–water partition coefficient (Wildman–Crippen LogP) is 0.390. The molecular weight excluding hydrogens is 116 g/mol. The standard InChI is InChI=1S/C6H8N2O/c1-6-7-2-3-8(6)4-5-9/h2-3,5H,4H2,1H3. The van der Waals surface area contributed by atoms with Gasteiger partial charge in [0, 0.05) is 12.4 Å². The molecule has 0 N–H and O–H groups in total. The van der Waals surface area contributed by atoms with Gasteiger partial charge in [0.15, 0.2) is 0 Å². The number of carbonyl (C=O) groups excluding carboxylic acids is 1. The molecule has 1 aromatic heterocycles. The smallest absolute Gasteiger partial charge is 0.139 e. The van der Waals surface area contributed by atoms with Crippen LogP contribution in [0, 0.1) is 6.92 Å². The number of aldehydes is 1. The number of nitrogens with zero attached hydrogens (tertiary/aromatic N) is 2. The Morgan fingerprint density at radius 3 is 3.11 bits per heavy atom. The monoisotopic (exact) mass is 124 g/mol. The Hall–Kier alpha value is -1.12. The summed E-state index contributed by atoms with van der Waals surface area (Å²) >= 11 is 0. The summed E-state index contributed by atoms with van der Waals surface area (Å²) in [7, 11) is 0. The van der Waals surface area contributed by atoms with Crippen LogP contribution in [0.3, 0.4) is 0 Å². The lowest BCUT2D eigenvalue weighted by atomic mass is 10.6.